The molecule has 0 amide bonds. The van der Waals surface area contributed by atoms with Crippen molar-refractivity contribution in [2.75, 3.05) is 19.8 Å². The number of hydrogen-bond acceptors (Lipinski definition) is 7. The Labute approximate surface area is 151 Å². The fraction of sp³-hybridized carbons (Fsp3) is 0.462. The Balaban J connectivity index is 2.34. The first-order valence-electron chi connectivity index (χ1n) is 7.52. The van der Waals surface area contributed by atoms with E-state index in [0.29, 0.717) is 33.2 Å². The maximum atomic E-state index is 10.4. The first-order valence-corrected chi connectivity index (χ1v) is 8.31. The molecule has 1 aromatic carbocycles. The van der Waals surface area contributed by atoms with Crippen molar-refractivity contribution in [2.45, 2.75) is 19.2 Å². The number of aliphatic imine (C=N–C) groups is 1. The molecule has 24 heavy (non-hydrogen) atoms. The molecule has 1 atom stereocenters. The summed E-state index contributed by atoms with van der Waals surface area (Å²) in [5.41, 5.74) is 0. The first kappa shape index (κ1) is 20.7. The molecule has 0 saturated carbocycles. The van der Waals surface area contributed by atoms with Gasteiger partial charge in [0, 0.05) is 0 Å². The fourth-order valence-corrected chi connectivity index (χ4v) is 1.90. The van der Waals surface area contributed by atoms with E-state index in [0.717, 1.165) is 10.2 Å². The predicted molar refractivity (Wildman–Crippen MR) is 99.1 cm³/mol. The van der Waals surface area contributed by atoms with E-state index in [1.165, 1.54) is 6.11 Å². The molecular formula is C13H19B3BrN3O4. The van der Waals surface area contributed by atoms with Crippen molar-refractivity contribution in [3.63, 3.8) is 0 Å². The van der Waals surface area contributed by atoms with Gasteiger partial charge in [0.15, 0.2) is 0 Å². The predicted octanol–water partition coefficient (Wildman–Crippen LogP) is 1.21. The number of nitrogens with zero attached hydrogens (tertiary/aromatic N) is 2. The summed E-state index contributed by atoms with van der Waals surface area (Å²) < 4.78 is 17.1. The molecule has 0 spiro atoms. The van der Waals surface area contributed by atoms with Crippen LogP contribution in [0.4, 0.5) is 0 Å². The van der Waals surface area contributed by atoms with Crippen LogP contribution in [0.1, 0.15) is 0 Å². The Kier molecular flexibility index (Phi) is 11.3. The van der Waals surface area contributed by atoms with Crippen molar-refractivity contribution >= 4 is 43.3 Å². The zero-order chi connectivity index (χ0) is 17.6. The van der Waals surface area contributed by atoms with Crippen LogP contribution in [0, 0.1) is 0 Å². The van der Waals surface area contributed by atoms with Crippen LogP contribution in [0.5, 0.6) is 5.75 Å². The molecule has 0 fully saturated rings. The molecule has 1 aromatic rings. The van der Waals surface area contributed by atoms with E-state index in [-0.39, 0.29) is 6.04 Å². The number of benzene rings is 1. The number of ether oxygens (including phenoxy) is 1. The van der Waals surface area contributed by atoms with Crippen LogP contribution in [-0.2, 0) is 9.54 Å². The number of rotatable bonds is 12. The Morgan fingerprint density at radius 3 is 2.88 bits per heavy atom. The molecule has 0 heterocycles. The van der Waals surface area contributed by atoms with Gasteiger partial charge in [0.2, 0.25) is 0 Å². The molecule has 0 aromatic heterocycles. The van der Waals surface area contributed by atoms with Gasteiger partial charge in [-0.1, -0.05) is 0 Å². The minimum absolute atomic E-state index is 0.234. The fourth-order valence-electron chi connectivity index (χ4n) is 1.64. The Hall–Kier alpha value is -1.32. The van der Waals surface area contributed by atoms with Gasteiger partial charge in [-0.3, -0.25) is 0 Å². The van der Waals surface area contributed by atoms with Gasteiger partial charge in [0.1, 0.15) is 0 Å². The third kappa shape index (κ3) is 10.5. The van der Waals surface area contributed by atoms with Crippen LogP contribution in [0.15, 0.2) is 38.8 Å². The topological polar surface area (TPSA) is 92.5 Å². The maximum absolute atomic E-state index is 10.4. The zero-order valence-corrected chi connectivity index (χ0v) is 15.1. The molecule has 1 rings (SSSR count). The Morgan fingerprint density at radius 2 is 2.21 bits per heavy atom. The summed E-state index contributed by atoms with van der Waals surface area (Å²) in [6.07, 6.45) is 1.68. The van der Waals surface area contributed by atoms with Gasteiger partial charge in [0.05, 0.1) is 0 Å². The van der Waals surface area contributed by atoms with E-state index in [2.05, 4.69) is 31.2 Å². The van der Waals surface area contributed by atoms with E-state index >= 15 is 0 Å². The third-order valence-corrected chi connectivity index (χ3v) is 3.30. The molecule has 0 unspecified atom stereocenters. The molecule has 7 nitrogen and oxygen atoms in total. The molecular weight excluding hydrogens is 375 g/mol. The summed E-state index contributed by atoms with van der Waals surface area (Å²) >= 11 is 3.36. The zero-order valence-electron chi connectivity index (χ0n) is 13.5. The number of halogens is 1. The molecule has 0 bridgehead atoms. The summed E-state index contributed by atoms with van der Waals surface area (Å²) in [7, 11) is 1.64. The second-order valence-electron chi connectivity index (χ2n) is 4.84. The van der Waals surface area contributed by atoms with Gasteiger partial charge in [-0.15, -0.1) is 0 Å². The number of nitrogens with one attached hydrogen (secondary N) is 1. The van der Waals surface area contributed by atoms with Crippen molar-refractivity contribution in [2.24, 2.45) is 10.1 Å². The first-order chi connectivity index (χ1) is 11.6. The number of hydrogen-bond donors (Lipinski definition) is 2. The molecule has 0 aliphatic rings. The van der Waals surface area contributed by atoms with Crippen molar-refractivity contribution in [1.29, 1.82) is 0 Å². The third-order valence-electron chi connectivity index (χ3n) is 2.77. The molecule has 126 valence electrons. The van der Waals surface area contributed by atoms with Crippen LogP contribution in [0.25, 0.3) is 0 Å². The summed E-state index contributed by atoms with van der Waals surface area (Å²) in [6, 6.07) is 7.22. The van der Waals surface area contributed by atoms with Gasteiger partial charge in [-0.05, 0) is 0 Å². The average molecular weight is 394 g/mol. The minimum atomic E-state index is -0.574. The summed E-state index contributed by atoms with van der Waals surface area (Å²) in [5, 5.41) is 15.6. The van der Waals surface area contributed by atoms with Crippen molar-refractivity contribution in [3.8, 4) is 5.75 Å². The van der Waals surface area contributed by atoms with Crippen molar-refractivity contribution < 1.29 is 19.3 Å². The summed E-state index contributed by atoms with van der Waals surface area (Å²) in [4.78, 5) is 9.16. The van der Waals surface area contributed by atoms with Gasteiger partial charge < -0.3 is 0 Å². The SMILES string of the molecule is CB(O)NCCON=BC[C@H](COc1ccc(Br)cc1)N=CB=O. The van der Waals surface area contributed by atoms with Gasteiger partial charge in [-0.2, -0.15) is 0 Å². The average Bonchev–Trinajstić information content (AvgIpc) is 2.57. The van der Waals surface area contributed by atoms with E-state index < -0.39 is 7.05 Å². The summed E-state index contributed by atoms with van der Waals surface area (Å²) in [5.74, 6) is 0.724. The molecule has 2 N–H and O–H groups in total. The van der Waals surface area contributed by atoms with Crippen LogP contribution in [0.2, 0.25) is 13.1 Å². The molecule has 0 radical (unpaired) electrons. The van der Waals surface area contributed by atoms with Crippen molar-refractivity contribution in [1.82, 2.24) is 5.23 Å². The second-order valence-corrected chi connectivity index (χ2v) is 5.76. The monoisotopic (exact) mass is 393 g/mol. The Bertz CT molecular complexity index is 532. The standard InChI is InChI=1S/C13H19B3BrN3O4/c1-16(22)19-6-7-24-20-14-8-12(18-10-15-21)9-23-13-4-2-11(17)3-5-13/h2-5,10,12,19,22H,6-9H2,1H3/t12-/m1/s1. The van der Waals surface area contributed by atoms with Crippen LogP contribution >= 0.6 is 15.9 Å². The van der Waals surface area contributed by atoms with Crippen molar-refractivity contribution in [3.05, 3.63) is 28.7 Å². The van der Waals surface area contributed by atoms with Crippen LogP contribution < -0.4 is 9.96 Å². The van der Waals surface area contributed by atoms with Gasteiger partial charge >= 0.3 is 151 Å². The molecule has 11 heteroatoms. The normalized spacial score (nSPS) is 12.0. The van der Waals surface area contributed by atoms with Gasteiger partial charge in [-0.25, -0.2) is 0 Å². The van der Waals surface area contributed by atoms with Gasteiger partial charge in [0.25, 0.3) is 0 Å². The molecule has 0 aliphatic heterocycles. The quantitative estimate of drug-likeness (QED) is 0.241. The van der Waals surface area contributed by atoms with Crippen LogP contribution in [-0.4, -0.2) is 58.2 Å². The van der Waals surface area contributed by atoms with E-state index in [4.69, 9.17) is 14.6 Å². The Morgan fingerprint density at radius 1 is 1.46 bits per heavy atom. The van der Waals surface area contributed by atoms with E-state index in [1.807, 2.05) is 24.3 Å². The van der Waals surface area contributed by atoms with E-state index in [9.17, 15) is 4.70 Å². The molecule has 0 saturated heterocycles. The summed E-state index contributed by atoms with van der Waals surface area (Å²) in [6.45, 7) is 2.79. The van der Waals surface area contributed by atoms with E-state index in [1.54, 1.807) is 13.9 Å². The molecule has 0 aliphatic carbocycles. The second kappa shape index (κ2) is 13.0. The van der Waals surface area contributed by atoms with Crippen LogP contribution in [0.3, 0.4) is 0 Å².